The Labute approximate surface area is 201 Å². The van der Waals surface area contributed by atoms with Gasteiger partial charge in [-0.25, -0.2) is 8.42 Å². The van der Waals surface area contributed by atoms with E-state index < -0.39 is 28.5 Å². The second-order valence-electron chi connectivity index (χ2n) is 8.25. The molecule has 2 amide bonds. The van der Waals surface area contributed by atoms with Gasteiger partial charge < -0.3 is 10.2 Å². The van der Waals surface area contributed by atoms with E-state index in [2.05, 4.69) is 5.32 Å². The number of carbonyl (C=O) groups excluding carboxylic acids is 2. The summed E-state index contributed by atoms with van der Waals surface area (Å²) in [6.07, 6.45) is 1.80. The number of anilines is 1. The van der Waals surface area contributed by atoms with Crippen LogP contribution in [0.3, 0.4) is 0 Å². The summed E-state index contributed by atoms with van der Waals surface area (Å²) in [7, 11) is -3.75. The van der Waals surface area contributed by atoms with Gasteiger partial charge in [0, 0.05) is 17.6 Å². The fourth-order valence-corrected chi connectivity index (χ4v) is 4.33. The first-order valence-electron chi connectivity index (χ1n) is 10.8. The molecule has 9 heteroatoms. The zero-order chi connectivity index (χ0) is 24.8. The minimum Gasteiger partial charge on any atom is -0.352 e. The molecular formula is C24H32ClN3O4S. The Kier molecular flexibility index (Phi) is 9.31. The number of hydrogen-bond donors (Lipinski definition) is 1. The van der Waals surface area contributed by atoms with Crippen molar-refractivity contribution in [2.75, 3.05) is 17.1 Å². The van der Waals surface area contributed by atoms with Crippen molar-refractivity contribution in [2.24, 2.45) is 0 Å². The summed E-state index contributed by atoms with van der Waals surface area (Å²) in [5.41, 5.74) is 2.00. The highest BCUT2D eigenvalue weighted by molar-refractivity contribution is 7.92. The minimum atomic E-state index is -3.75. The van der Waals surface area contributed by atoms with E-state index in [9.17, 15) is 18.0 Å². The van der Waals surface area contributed by atoms with Crippen LogP contribution in [0.25, 0.3) is 0 Å². The maximum Gasteiger partial charge on any atom is 0.244 e. The van der Waals surface area contributed by atoms with Gasteiger partial charge in [-0.05, 0) is 62.6 Å². The maximum absolute atomic E-state index is 13.5. The van der Waals surface area contributed by atoms with Crippen molar-refractivity contribution in [1.82, 2.24) is 10.2 Å². The number of carbonyl (C=O) groups is 2. The highest BCUT2D eigenvalue weighted by atomic mass is 35.5. The van der Waals surface area contributed by atoms with Crippen molar-refractivity contribution in [3.05, 3.63) is 64.7 Å². The van der Waals surface area contributed by atoms with Gasteiger partial charge in [-0.15, -0.1) is 0 Å². The molecule has 0 spiro atoms. The lowest BCUT2D eigenvalue weighted by Gasteiger charge is -2.32. The predicted molar refractivity (Wildman–Crippen MR) is 133 cm³/mol. The fourth-order valence-electron chi connectivity index (χ4n) is 3.28. The first-order chi connectivity index (χ1) is 15.4. The highest BCUT2D eigenvalue weighted by Gasteiger charge is 2.30. The Bertz CT molecular complexity index is 1090. The first-order valence-corrected chi connectivity index (χ1v) is 13.0. The molecule has 0 bridgehead atoms. The third-order valence-electron chi connectivity index (χ3n) is 5.38. The lowest BCUT2D eigenvalue weighted by Crippen LogP contribution is -2.52. The van der Waals surface area contributed by atoms with Crippen LogP contribution in [0.5, 0.6) is 0 Å². The van der Waals surface area contributed by atoms with Gasteiger partial charge in [0.1, 0.15) is 12.6 Å². The molecule has 33 heavy (non-hydrogen) atoms. The van der Waals surface area contributed by atoms with E-state index in [4.69, 9.17) is 11.6 Å². The number of sulfonamides is 1. The number of nitrogens with zero attached hydrogens (tertiary/aromatic N) is 2. The van der Waals surface area contributed by atoms with Crippen molar-refractivity contribution >= 4 is 39.1 Å². The smallest absolute Gasteiger partial charge is 0.244 e. The van der Waals surface area contributed by atoms with E-state index in [0.29, 0.717) is 10.7 Å². The lowest BCUT2D eigenvalue weighted by atomic mass is 10.1. The van der Waals surface area contributed by atoms with E-state index in [1.54, 1.807) is 49.4 Å². The minimum absolute atomic E-state index is 0.0529. The topological polar surface area (TPSA) is 86.8 Å². The van der Waals surface area contributed by atoms with Gasteiger partial charge >= 0.3 is 0 Å². The van der Waals surface area contributed by atoms with Crippen molar-refractivity contribution in [3.8, 4) is 0 Å². The van der Waals surface area contributed by atoms with Crippen LogP contribution < -0.4 is 9.62 Å². The second kappa shape index (κ2) is 11.5. The fraction of sp³-hybridized carbons (Fsp3) is 0.417. The maximum atomic E-state index is 13.5. The largest absolute Gasteiger partial charge is 0.352 e. The summed E-state index contributed by atoms with van der Waals surface area (Å²) in [4.78, 5) is 27.7. The number of nitrogens with one attached hydrogen (secondary N) is 1. The molecule has 2 aromatic rings. The van der Waals surface area contributed by atoms with Crippen LogP contribution in [0.4, 0.5) is 5.69 Å². The van der Waals surface area contributed by atoms with Gasteiger partial charge in [0.25, 0.3) is 0 Å². The van der Waals surface area contributed by atoms with E-state index in [-0.39, 0.29) is 18.5 Å². The van der Waals surface area contributed by atoms with Crippen molar-refractivity contribution in [1.29, 1.82) is 0 Å². The van der Waals surface area contributed by atoms with E-state index >= 15 is 0 Å². The molecule has 2 aromatic carbocycles. The molecule has 0 fully saturated rings. The molecule has 2 atom stereocenters. The van der Waals surface area contributed by atoms with Crippen LogP contribution in [0, 0.1) is 6.92 Å². The molecule has 0 aliphatic carbocycles. The quantitative estimate of drug-likeness (QED) is 0.546. The summed E-state index contributed by atoms with van der Waals surface area (Å²) >= 11 is 6.11. The summed E-state index contributed by atoms with van der Waals surface area (Å²) < 4.78 is 26.2. The summed E-state index contributed by atoms with van der Waals surface area (Å²) in [5.74, 6) is -0.796. The third-order valence-corrected chi connectivity index (χ3v) is 6.75. The molecule has 0 aliphatic heterocycles. The molecular weight excluding hydrogens is 462 g/mol. The second-order valence-corrected chi connectivity index (χ2v) is 10.6. The number of rotatable bonds is 10. The van der Waals surface area contributed by atoms with E-state index in [0.717, 1.165) is 28.1 Å². The average molecular weight is 494 g/mol. The number of hydrogen-bond acceptors (Lipinski definition) is 4. The van der Waals surface area contributed by atoms with Gasteiger partial charge in [0.2, 0.25) is 21.8 Å². The van der Waals surface area contributed by atoms with Gasteiger partial charge in [-0.2, -0.15) is 0 Å². The monoisotopic (exact) mass is 493 g/mol. The van der Waals surface area contributed by atoms with Crippen LogP contribution in [0.15, 0.2) is 48.5 Å². The molecule has 7 nitrogen and oxygen atoms in total. The number of amides is 2. The first kappa shape index (κ1) is 26.7. The molecule has 0 unspecified atom stereocenters. The molecule has 180 valence electrons. The van der Waals surface area contributed by atoms with Crippen molar-refractivity contribution in [2.45, 2.75) is 52.7 Å². The lowest BCUT2D eigenvalue weighted by molar-refractivity contribution is -0.139. The van der Waals surface area contributed by atoms with Gasteiger partial charge in [0.15, 0.2) is 0 Å². The highest BCUT2D eigenvalue weighted by Crippen LogP contribution is 2.21. The molecule has 0 saturated carbocycles. The van der Waals surface area contributed by atoms with Gasteiger partial charge in [-0.1, -0.05) is 42.8 Å². The normalized spacial score (nSPS) is 13.2. The summed E-state index contributed by atoms with van der Waals surface area (Å²) in [6.45, 7) is 7.01. The molecule has 0 aliphatic rings. The summed E-state index contributed by atoms with van der Waals surface area (Å²) in [5, 5.41) is 3.40. The van der Waals surface area contributed by atoms with Crippen LogP contribution in [-0.4, -0.2) is 50.0 Å². The number of aryl methyl sites for hydroxylation is 1. The van der Waals surface area contributed by atoms with E-state index in [1.807, 2.05) is 26.8 Å². The van der Waals surface area contributed by atoms with Crippen LogP contribution >= 0.6 is 11.6 Å². The molecule has 0 heterocycles. The van der Waals surface area contributed by atoms with Crippen LogP contribution in [0.1, 0.15) is 38.3 Å². The third kappa shape index (κ3) is 7.75. The molecule has 1 N–H and O–H groups in total. The Morgan fingerprint density at radius 2 is 1.76 bits per heavy atom. The standard InChI is InChI=1S/C24H32ClN3O4S/c1-6-18(3)26-24(30)19(4)27(15-20-10-8-11-21(25)14-20)23(29)16-28(33(5,31)32)22-12-7-9-17(2)13-22/h7-14,18-19H,6,15-16H2,1-5H3,(H,26,30)/t18-,19+/m1/s1. The Balaban J connectivity index is 2.38. The SMILES string of the molecule is CC[C@@H](C)NC(=O)[C@H](C)N(Cc1cccc(Cl)c1)C(=O)CN(c1cccc(C)c1)S(C)(=O)=O. The molecule has 0 aromatic heterocycles. The molecule has 0 radical (unpaired) electrons. The van der Waals surface area contributed by atoms with Crippen molar-refractivity contribution < 1.29 is 18.0 Å². The summed E-state index contributed by atoms with van der Waals surface area (Å²) in [6, 6.07) is 13.1. The average Bonchev–Trinajstić information content (AvgIpc) is 2.74. The molecule has 2 rings (SSSR count). The number of halogens is 1. The van der Waals surface area contributed by atoms with Crippen LogP contribution in [0.2, 0.25) is 5.02 Å². The van der Waals surface area contributed by atoms with Gasteiger partial charge in [-0.3, -0.25) is 13.9 Å². The van der Waals surface area contributed by atoms with E-state index in [1.165, 1.54) is 4.90 Å². The Morgan fingerprint density at radius 1 is 1.09 bits per heavy atom. The Hall–Kier alpha value is -2.58. The molecule has 0 saturated heterocycles. The van der Waals surface area contributed by atoms with Gasteiger partial charge in [0.05, 0.1) is 11.9 Å². The number of benzene rings is 2. The predicted octanol–water partition coefficient (Wildman–Crippen LogP) is 3.75. The Morgan fingerprint density at radius 3 is 2.33 bits per heavy atom. The van der Waals surface area contributed by atoms with Crippen molar-refractivity contribution in [3.63, 3.8) is 0 Å². The zero-order valence-electron chi connectivity index (χ0n) is 19.7. The zero-order valence-corrected chi connectivity index (χ0v) is 21.3. The van der Waals surface area contributed by atoms with Crippen LogP contribution in [-0.2, 0) is 26.2 Å².